The maximum atomic E-state index is 12.2. The van der Waals surface area contributed by atoms with Crippen molar-refractivity contribution in [2.24, 2.45) is 0 Å². The van der Waals surface area contributed by atoms with Crippen LogP contribution in [0.2, 0.25) is 0 Å². The van der Waals surface area contributed by atoms with Gasteiger partial charge in [-0.05, 0) is 32.3 Å². The van der Waals surface area contributed by atoms with E-state index in [2.05, 4.69) is 58.1 Å². The second-order valence-electron chi connectivity index (χ2n) is 8.60. The molecule has 0 aliphatic carbocycles. The summed E-state index contributed by atoms with van der Waals surface area (Å²) in [5.74, 6) is 0.148. The molecule has 162 valence electrons. The third-order valence-corrected chi connectivity index (χ3v) is 6.00. The van der Waals surface area contributed by atoms with Crippen molar-refractivity contribution in [2.45, 2.75) is 38.8 Å². The largest absolute Gasteiger partial charge is 0.374 e. The highest BCUT2D eigenvalue weighted by atomic mass is 16.5. The molecule has 1 aromatic carbocycles. The van der Waals surface area contributed by atoms with Crippen molar-refractivity contribution in [1.82, 2.24) is 20.0 Å². The van der Waals surface area contributed by atoms with Gasteiger partial charge in [0.15, 0.2) is 0 Å². The quantitative estimate of drug-likeness (QED) is 0.634. The number of hydrogen-bond donors (Lipinski definition) is 1. The van der Waals surface area contributed by atoms with Crippen molar-refractivity contribution < 1.29 is 9.53 Å². The molecule has 29 heavy (non-hydrogen) atoms. The van der Waals surface area contributed by atoms with E-state index in [-0.39, 0.29) is 5.91 Å². The number of carbonyl (C=O) groups excluding carboxylic acids is 1. The van der Waals surface area contributed by atoms with Crippen LogP contribution < -0.4 is 5.32 Å². The third kappa shape index (κ3) is 7.70. The molecule has 1 aromatic rings. The van der Waals surface area contributed by atoms with Crippen molar-refractivity contribution in [3.8, 4) is 0 Å². The number of nitrogens with one attached hydrogen (secondary N) is 1. The number of benzene rings is 1. The van der Waals surface area contributed by atoms with Crippen molar-refractivity contribution in [2.75, 3.05) is 65.5 Å². The zero-order valence-electron chi connectivity index (χ0n) is 18.2. The highest BCUT2D eigenvalue weighted by Crippen LogP contribution is 2.11. The Bertz CT molecular complexity index is 602. The Labute approximate surface area is 176 Å². The average Bonchev–Trinajstić information content (AvgIpc) is 2.74. The van der Waals surface area contributed by atoms with Crippen LogP contribution in [0.3, 0.4) is 0 Å². The number of ether oxygens (including phenoxy) is 1. The van der Waals surface area contributed by atoms with Gasteiger partial charge in [0.1, 0.15) is 0 Å². The molecule has 3 rings (SSSR count). The molecule has 0 spiro atoms. The van der Waals surface area contributed by atoms with E-state index in [4.69, 9.17) is 4.74 Å². The summed E-state index contributed by atoms with van der Waals surface area (Å²) in [4.78, 5) is 19.5. The lowest BCUT2D eigenvalue weighted by Crippen LogP contribution is -2.54. The van der Waals surface area contributed by atoms with Crippen LogP contribution in [0, 0.1) is 0 Å². The molecule has 2 aliphatic heterocycles. The molecule has 1 atom stereocenters. The van der Waals surface area contributed by atoms with E-state index < -0.39 is 0 Å². The summed E-state index contributed by atoms with van der Waals surface area (Å²) in [5, 5.41) is 3.07. The fourth-order valence-electron chi connectivity index (χ4n) is 4.16. The fraction of sp³-hybridized carbons (Fsp3) is 0.696. The molecular formula is C23H38N4O2. The van der Waals surface area contributed by atoms with E-state index in [0.717, 1.165) is 71.8 Å². The van der Waals surface area contributed by atoms with E-state index in [9.17, 15) is 4.79 Å². The molecule has 6 nitrogen and oxygen atoms in total. The van der Waals surface area contributed by atoms with Crippen molar-refractivity contribution in [1.29, 1.82) is 0 Å². The number of piperazine rings is 1. The van der Waals surface area contributed by atoms with Gasteiger partial charge in [-0.1, -0.05) is 30.3 Å². The van der Waals surface area contributed by atoms with Gasteiger partial charge in [0.25, 0.3) is 0 Å². The number of hydrogen-bond acceptors (Lipinski definition) is 5. The zero-order chi connectivity index (χ0) is 20.5. The first kappa shape index (κ1) is 22.2. The van der Waals surface area contributed by atoms with Gasteiger partial charge in [-0.2, -0.15) is 0 Å². The minimum absolute atomic E-state index is 0.148. The first-order valence-electron chi connectivity index (χ1n) is 11.2. The van der Waals surface area contributed by atoms with Gasteiger partial charge in [0.2, 0.25) is 5.91 Å². The van der Waals surface area contributed by atoms with E-state index in [1.807, 2.05) is 6.07 Å². The first-order chi connectivity index (χ1) is 14.1. The SMILES string of the molecule is CC(C)N1CCOC(CN2CCN(CC(=O)NCCCc3ccccc3)CC2)C1. The van der Waals surface area contributed by atoms with Crippen LogP contribution in [0.5, 0.6) is 0 Å². The van der Waals surface area contributed by atoms with Gasteiger partial charge in [0, 0.05) is 58.4 Å². The molecule has 0 aromatic heterocycles. The van der Waals surface area contributed by atoms with E-state index in [1.165, 1.54) is 5.56 Å². The smallest absolute Gasteiger partial charge is 0.234 e. The third-order valence-electron chi connectivity index (χ3n) is 6.00. The molecule has 6 heteroatoms. The summed E-state index contributed by atoms with van der Waals surface area (Å²) in [6, 6.07) is 11.0. The van der Waals surface area contributed by atoms with Crippen molar-refractivity contribution in [3.63, 3.8) is 0 Å². The van der Waals surface area contributed by atoms with Crippen molar-refractivity contribution >= 4 is 5.91 Å². The topological polar surface area (TPSA) is 48.1 Å². The standard InChI is InChI=1S/C23H38N4O2/c1-20(2)27-15-16-29-22(18-27)17-25-11-13-26(14-12-25)19-23(28)24-10-6-9-21-7-4-3-5-8-21/h3-5,7-8,20,22H,6,9-19H2,1-2H3,(H,24,28). The van der Waals surface area contributed by atoms with Crippen LogP contribution in [0.15, 0.2) is 30.3 Å². The molecule has 1 N–H and O–H groups in total. The summed E-state index contributed by atoms with van der Waals surface area (Å²) in [5.41, 5.74) is 1.33. The molecule has 2 heterocycles. The Kier molecular flexibility index (Phi) is 8.92. The lowest BCUT2D eigenvalue weighted by atomic mass is 10.1. The minimum atomic E-state index is 0.148. The molecule has 0 bridgehead atoms. The van der Waals surface area contributed by atoms with E-state index in [1.54, 1.807) is 0 Å². The average molecular weight is 403 g/mol. The number of rotatable bonds is 9. The van der Waals surface area contributed by atoms with Gasteiger partial charge >= 0.3 is 0 Å². The maximum Gasteiger partial charge on any atom is 0.234 e. The van der Waals surface area contributed by atoms with Gasteiger partial charge in [-0.15, -0.1) is 0 Å². The Hall–Kier alpha value is -1.47. The summed E-state index contributed by atoms with van der Waals surface area (Å²) >= 11 is 0. The Balaban J connectivity index is 1.27. The number of amides is 1. The highest BCUT2D eigenvalue weighted by Gasteiger charge is 2.26. The highest BCUT2D eigenvalue weighted by molar-refractivity contribution is 5.77. The van der Waals surface area contributed by atoms with Gasteiger partial charge < -0.3 is 10.1 Å². The zero-order valence-corrected chi connectivity index (χ0v) is 18.2. The molecular weight excluding hydrogens is 364 g/mol. The van der Waals surface area contributed by atoms with Gasteiger partial charge in [-0.25, -0.2) is 0 Å². The van der Waals surface area contributed by atoms with Gasteiger partial charge in [0.05, 0.1) is 19.3 Å². The number of aryl methyl sites for hydroxylation is 1. The van der Waals surface area contributed by atoms with Crippen LogP contribution >= 0.6 is 0 Å². The summed E-state index contributed by atoms with van der Waals surface area (Å²) in [7, 11) is 0. The molecule has 1 unspecified atom stereocenters. The predicted octanol–water partition coefficient (Wildman–Crippen LogP) is 1.46. The van der Waals surface area contributed by atoms with E-state index >= 15 is 0 Å². The van der Waals surface area contributed by atoms with Crippen LogP contribution in [0.4, 0.5) is 0 Å². The van der Waals surface area contributed by atoms with Crippen LogP contribution in [0.25, 0.3) is 0 Å². The van der Waals surface area contributed by atoms with Gasteiger partial charge in [-0.3, -0.25) is 19.5 Å². The normalized spacial score (nSPS) is 22.1. The Morgan fingerprint density at radius 2 is 1.83 bits per heavy atom. The van der Waals surface area contributed by atoms with Crippen LogP contribution in [0.1, 0.15) is 25.8 Å². The summed E-state index contributed by atoms with van der Waals surface area (Å²) in [6.45, 7) is 13.6. The molecule has 1 amide bonds. The Morgan fingerprint density at radius 3 is 2.55 bits per heavy atom. The lowest BCUT2D eigenvalue weighted by molar-refractivity contribution is -0.122. The molecule has 0 saturated carbocycles. The first-order valence-corrected chi connectivity index (χ1v) is 11.2. The molecule has 0 radical (unpaired) electrons. The summed E-state index contributed by atoms with van der Waals surface area (Å²) in [6.07, 6.45) is 2.31. The van der Waals surface area contributed by atoms with Crippen LogP contribution in [-0.2, 0) is 16.0 Å². The summed E-state index contributed by atoms with van der Waals surface area (Å²) < 4.78 is 5.98. The predicted molar refractivity (Wildman–Crippen MR) is 117 cm³/mol. The molecule has 2 aliphatic rings. The van der Waals surface area contributed by atoms with Crippen LogP contribution in [-0.4, -0.2) is 98.3 Å². The lowest BCUT2D eigenvalue weighted by Gasteiger charge is -2.40. The number of morpholine rings is 1. The second kappa shape index (κ2) is 11.6. The second-order valence-corrected chi connectivity index (χ2v) is 8.60. The molecule has 2 fully saturated rings. The fourth-order valence-corrected chi connectivity index (χ4v) is 4.16. The molecule has 2 saturated heterocycles. The monoisotopic (exact) mass is 402 g/mol. The van der Waals surface area contributed by atoms with Crippen molar-refractivity contribution in [3.05, 3.63) is 35.9 Å². The maximum absolute atomic E-state index is 12.2. The number of carbonyl (C=O) groups is 1. The minimum Gasteiger partial charge on any atom is -0.374 e. The van der Waals surface area contributed by atoms with E-state index in [0.29, 0.717) is 18.7 Å². The Morgan fingerprint density at radius 1 is 1.10 bits per heavy atom. The number of nitrogens with zero attached hydrogens (tertiary/aromatic N) is 3.